The highest BCUT2D eigenvalue weighted by atomic mass is 35.5. The Kier molecular flexibility index (Phi) is 7.21. The maximum atomic E-state index is 13.5. The van der Waals surface area contributed by atoms with Crippen molar-refractivity contribution >= 4 is 39.9 Å². The van der Waals surface area contributed by atoms with Crippen LogP contribution in [0.25, 0.3) is 16.6 Å². The highest BCUT2D eigenvalue weighted by molar-refractivity contribution is 6.30. The summed E-state index contributed by atoms with van der Waals surface area (Å²) < 4.78 is 9.39. The number of benzene rings is 3. The van der Waals surface area contributed by atoms with Gasteiger partial charge in [0.1, 0.15) is 17.2 Å². The number of imidazole rings is 1. The minimum Gasteiger partial charge on any atom is -0.497 e. The Hall–Kier alpha value is -5.15. The number of pyridine rings is 1. The van der Waals surface area contributed by atoms with Gasteiger partial charge in [-0.05, 0) is 96.3 Å². The molecule has 0 aliphatic heterocycles. The number of amides is 1. The minimum absolute atomic E-state index is 0.0153. The summed E-state index contributed by atoms with van der Waals surface area (Å²) in [4.78, 5) is 36.8. The standard InChI is InChI=1S/C37H32ClN5O4/c1-47-29-11-5-22(6-12-29)18-43-33-16-28(42(37(45)46)21-27-20-41-19-25(23-7-8-23)9-14-34(41)39-27)10-13-30(33)36(44)40-35(43)32-17-31(32)24-3-2-4-26(38)15-24/h2-6,9-16,19-20,23,31-32H,7-8,17-18,21H2,1H3,(H,45,46)/t31-,32+/m1/s1. The molecule has 3 aromatic heterocycles. The van der Waals surface area contributed by atoms with Crippen LogP contribution in [-0.2, 0) is 13.1 Å². The Morgan fingerprint density at radius 3 is 2.55 bits per heavy atom. The second kappa shape index (κ2) is 11.6. The van der Waals surface area contributed by atoms with Crippen LogP contribution < -0.4 is 15.2 Å². The number of ether oxygens (including phenoxy) is 1. The molecule has 8 rings (SSSR count). The lowest BCUT2D eigenvalue weighted by Crippen LogP contribution is -2.29. The molecule has 1 N–H and O–H groups in total. The molecule has 47 heavy (non-hydrogen) atoms. The van der Waals surface area contributed by atoms with Crippen molar-refractivity contribution in [3.8, 4) is 5.75 Å². The predicted molar refractivity (Wildman–Crippen MR) is 181 cm³/mol. The van der Waals surface area contributed by atoms with Crippen LogP contribution in [0.15, 0.2) is 96.1 Å². The molecule has 3 heterocycles. The zero-order valence-corrected chi connectivity index (χ0v) is 26.5. The lowest BCUT2D eigenvalue weighted by molar-refractivity contribution is 0.201. The highest BCUT2D eigenvalue weighted by Gasteiger charge is 2.43. The molecular weight excluding hydrogens is 614 g/mol. The molecule has 1 amide bonds. The van der Waals surface area contributed by atoms with Crippen LogP contribution in [-0.4, -0.2) is 37.2 Å². The number of hydrogen-bond acceptors (Lipinski definition) is 5. The van der Waals surface area contributed by atoms with E-state index in [0.29, 0.717) is 45.6 Å². The summed E-state index contributed by atoms with van der Waals surface area (Å²) in [7, 11) is 1.63. The van der Waals surface area contributed by atoms with E-state index >= 15 is 0 Å². The molecule has 0 unspecified atom stereocenters. The molecule has 2 saturated carbocycles. The third-order valence-corrected chi connectivity index (χ3v) is 9.56. The van der Waals surface area contributed by atoms with Crippen molar-refractivity contribution in [1.82, 2.24) is 18.9 Å². The van der Waals surface area contributed by atoms with Gasteiger partial charge in [-0.1, -0.05) is 41.9 Å². The second-order valence-electron chi connectivity index (χ2n) is 12.5. The summed E-state index contributed by atoms with van der Waals surface area (Å²) in [6, 6.07) is 24.8. The monoisotopic (exact) mass is 645 g/mol. The minimum atomic E-state index is -1.11. The lowest BCUT2D eigenvalue weighted by atomic mass is 10.1. The van der Waals surface area contributed by atoms with Crippen molar-refractivity contribution in [2.45, 2.75) is 50.1 Å². The fourth-order valence-electron chi connectivity index (χ4n) is 6.62. The first-order chi connectivity index (χ1) is 22.8. The van der Waals surface area contributed by atoms with E-state index in [1.165, 1.54) is 23.3 Å². The lowest BCUT2D eigenvalue weighted by Gasteiger charge is -2.21. The first-order valence-electron chi connectivity index (χ1n) is 15.8. The first-order valence-corrected chi connectivity index (χ1v) is 16.1. The van der Waals surface area contributed by atoms with Crippen LogP contribution in [0.4, 0.5) is 10.5 Å². The van der Waals surface area contributed by atoms with Crippen molar-refractivity contribution in [1.29, 1.82) is 0 Å². The molecule has 0 spiro atoms. The van der Waals surface area contributed by atoms with Gasteiger partial charge in [-0.3, -0.25) is 9.69 Å². The maximum absolute atomic E-state index is 13.5. The van der Waals surface area contributed by atoms with Crippen molar-refractivity contribution in [3.05, 3.63) is 135 Å². The smallest absolute Gasteiger partial charge is 0.412 e. The quantitative estimate of drug-likeness (QED) is 0.174. The maximum Gasteiger partial charge on any atom is 0.412 e. The second-order valence-corrected chi connectivity index (χ2v) is 13.0. The molecule has 2 atom stereocenters. The van der Waals surface area contributed by atoms with Gasteiger partial charge in [0.2, 0.25) is 0 Å². The SMILES string of the molecule is COc1ccc(Cn2c([C@H]3C[C@@H]3c3cccc(Cl)c3)nc(=O)c3ccc(N(Cc4cn5cc(C6CC6)ccc5n4)C(=O)O)cc32)cc1. The number of hydrogen-bond donors (Lipinski definition) is 1. The normalized spacial score (nSPS) is 17.2. The van der Waals surface area contributed by atoms with Crippen LogP contribution in [0.5, 0.6) is 5.75 Å². The molecule has 9 nitrogen and oxygen atoms in total. The summed E-state index contributed by atoms with van der Waals surface area (Å²) in [6.45, 7) is 0.496. The third-order valence-electron chi connectivity index (χ3n) is 9.33. The summed E-state index contributed by atoms with van der Waals surface area (Å²) >= 11 is 6.31. The number of carbonyl (C=O) groups is 1. The van der Waals surface area contributed by atoms with Gasteiger partial charge in [0.15, 0.2) is 0 Å². The number of methoxy groups -OCH3 is 1. The summed E-state index contributed by atoms with van der Waals surface area (Å²) in [5, 5.41) is 11.5. The molecule has 10 heteroatoms. The largest absolute Gasteiger partial charge is 0.497 e. The number of rotatable bonds is 9. The van der Waals surface area contributed by atoms with Crippen LogP contribution >= 0.6 is 11.6 Å². The molecule has 6 aromatic rings. The topological polar surface area (TPSA) is 102 Å². The van der Waals surface area contributed by atoms with Crippen molar-refractivity contribution in [3.63, 3.8) is 0 Å². The van der Waals surface area contributed by atoms with E-state index in [4.69, 9.17) is 21.3 Å². The van der Waals surface area contributed by atoms with E-state index in [0.717, 1.165) is 28.9 Å². The van der Waals surface area contributed by atoms with Crippen molar-refractivity contribution in [2.24, 2.45) is 0 Å². The molecule has 0 radical (unpaired) electrons. The van der Waals surface area contributed by atoms with Gasteiger partial charge in [-0.2, -0.15) is 4.98 Å². The van der Waals surface area contributed by atoms with E-state index in [2.05, 4.69) is 27.9 Å². The average Bonchev–Trinajstić information content (AvgIpc) is 4.01. The highest BCUT2D eigenvalue weighted by Crippen LogP contribution is 2.54. The number of nitrogens with zero attached hydrogens (tertiary/aromatic N) is 5. The fraction of sp³-hybridized carbons (Fsp3) is 0.243. The number of carboxylic acid groups (broad SMARTS) is 1. The van der Waals surface area contributed by atoms with E-state index in [9.17, 15) is 14.7 Å². The Morgan fingerprint density at radius 2 is 1.81 bits per heavy atom. The molecule has 2 fully saturated rings. The summed E-state index contributed by atoms with van der Waals surface area (Å²) in [5.41, 5.74) is 5.52. The van der Waals surface area contributed by atoms with Gasteiger partial charge in [-0.15, -0.1) is 0 Å². The van der Waals surface area contributed by atoms with Gasteiger partial charge >= 0.3 is 6.09 Å². The van der Waals surface area contributed by atoms with Gasteiger partial charge in [0.25, 0.3) is 5.56 Å². The molecule has 0 saturated heterocycles. The molecular formula is C37H32ClN5O4. The van der Waals surface area contributed by atoms with Gasteiger partial charge < -0.3 is 18.8 Å². The number of halogens is 1. The Bertz CT molecular complexity index is 2220. The Balaban J connectivity index is 1.20. The molecule has 3 aromatic carbocycles. The van der Waals surface area contributed by atoms with E-state index in [1.54, 1.807) is 25.3 Å². The first kappa shape index (κ1) is 29.3. The molecule has 236 valence electrons. The van der Waals surface area contributed by atoms with E-state index in [1.807, 2.05) is 59.1 Å². The zero-order chi connectivity index (χ0) is 32.2. The zero-order valence-electron chi connectivity index (χ0n) is 25.7. The third kappa shape index (κ3) is 5.72. The van der Waals surface area contributed by atoms with Crippen LogP contribution in [0, 0.1) is 0 Å². The van der Waals surface area contributed by atoms with Crippen LogP contribution in [0.3, 0.4) is 0 Å². The Morgan fingerprint density at radius 1 is 0.979 bits per heavy atom. The number of fused-ring (bicyclic) bond motifs is 2. The van der Waals surface area contributed by atoms with Crippen molar-refractivity contribution < 1.29 is 14.6 Å². The van der Waals surface area contributed by atoms with Gasteiger partial charge in [0.05, 0.1) is 30.3 Å². The summed E-state index contributed by atoms with van der Waals surface area (Å²) in [6.07, 6.45) is 6.10. The van der Waals surface area contributed by atoms with E-state index < -0.39 is 6.09 Å². The molecule has 0 bridgehead atoms. The fourth-order valence-corrected chi connectivity index (χ4v) is 6.81. The van der Waals surface area contributed by atoms with Crippen LogP contribution in [0.2, 0.25) is 5.02 Å². The number of aromatic nitrogens is 4. The van der Waals surface area contributed by atoms with E-state index in [-0.39, 0.29) is 23.9 Å². The van der Waals surface area contributed by atoms with Crippen LogP contribution in [0.1, 0.15) is 65.2 Å². The van der Waals surface area contributed by atoms with Gasteiger partial charge in [-0.25, -0.2) is 9.78 Å². The molecule has 2 aliphatic carbocycles. The molecule has 2 aliphatic rings. The summed E-state index contributed by atoms with van der Waals surface area (Å²) in [5.74, 6) is 2.21. The predicted octanol–water partition coefficient (Wildman–Crippen LogP) is 7.59. The Labute approximate surface area is 275 Å². The number of anilines is 1. The van der Waals surface area contributed by atoms with Crippen molar-refractivity contribution in [2.75, 3.05) is 12.0 Å². The van der Waals surface area contributed by atoms with Gasteiger partial charge in [0, 0.05) is 35.6 Å². The average molecular weight is 646 g/mol.